The van der Waals surface area contributed by atoms with E-state index in [9.17, 15) is 13.5 Å². The quantitative estimate of drug-likeness (QED) is 0.286. The second kappa shape index (κ2) is 13.2. The van der Waals surface area contributed by atoms with E-state index in [1.165, 1.54) is 70.6 Å². The van der Waals surface area contributed by atoms with Crippen LogP contribution in [0.5, 0.6) is 0 Å². The zero-order valence-electron chi connectivity index (χ0n) is 15.2. The van der Waals surface area contributed by atoms with E-state index < -0.39 is 15.1 Å². The van der Waals surface area contributed by atoms with Crippen molar-refractivity contribution in [3.05, 3.63) is 0 Å². The molecular weight excluding hydrogens is 312 g/mol. The smallest absolute Gasteiger partial charge is 0.294 e. The van der Waals surface area contributed by atoms with Gasteiger partial charge in [-0.1, -0.05) is 90.4 Å². The van der Waals surface area contributed by atoms with Crippen molar-refractivity contribution in [1.29, 1.82) is 0 Å². The fourth-order valence-electron chi connectivity index (χ4n) is 2.78. The Morgan fingerprint density at radius 1 is 0.696 bits per heavy atom. The molecule has 2 N–H and O–H groups in total. The molecular formula is C18H38O4S. The highest BCUT2D eigenvalue weighted by atomic mass is 32.2. The molecule has 0 bridgehead atoms. The zero-order valence-corrected chi connectivity index (χ0v) is 16.0. The number of unbranched alkanes of at least 4 members (excludes halogenated alkanes) is 13. The monoisotopic (exact) mass is 350 g/mol. The van der Waals surface area contributed by atoms with Crippen LogP contribution >= 0.6 is 0 Å². The summed E-state index contributed by atoms with van der Waals surface area (Å²) in [6.07, 6.45) is 17.3. The third-order valence-corrected chi connectivity index (χ3v) is 5.87. The molecule has 0 amide bonds. The first-order valence-corrected chi connectivity index (χ1v) is 10.9. The van der Waals surface area contributed by atoms with Crippen LogP contribution in [0.1, 0.15) is 110 Å². The summed E-state index contributed by atoms with van der Waals surface area (Å²) >= 11 is 0. The predicted molar refractivity (Wildman–Crippen MR) is 97.1 cm³/mol. The summed E-state index contributed by atoms with van der Waals surface area (Å²) in [4.78, 5) is -2.00. The number of hydrogen-bond donors (Lipinski definition) is 2. The Labute approximate surface area is 143 Å². The fraction of sp³-hybridized carbons (Fsp3) is 1.00. The van der Waals surface area contributed by atoms with Crippen LogP contribution in [0.3, 0.4) is 0 Å². The lowest BCUT2D eigenvalue weighted by molar-refractivity contribution is 0.119. The molecule has 0 aromatic carbocycles. The van der Waals surface area contributed by atoms with Gasteiger partial charge in [-0.2, -0.15) is 8.42 Å². The van der Waals surface area contributed by atoms with E-state index in [1.807, 2.05) is 0 Å². The maximum atomic E-state index is 10.9. The first-order valence-electron chi connectivity index (χ1n) is 9.50. The first kappa shape index (κ1) is 22.9. The lowest BCUT2D eigenvalue weighted by atomic mass is 10.0. The fourth-order valence-corrected chi connectivity index (χ4v) is 3.18. The molecule has 0 saturated heterocycles. The Balaban J connectivity index is 3.29. The summed E-state index contributed by atoms with van der Waals surface area (Å²) in [5, 5.41) is 9.60. The summed E-state index contributed by atoms with van der Waals surface area (Å²) in [6.45, 7) is 3.40. The maximum Gasteiger partial charge on any atom is 0.294 e. The van der Waals surface area contributed by atoms with E-state index in [1.54, 1.807) is 0 Å². The van der Waals surface area contributed by atoms with E-state index in [0.717, 1.165) is 19.8 Å². The Morgan fingerprint density at radius 2 is 1.00 bits per heavy atom. The Bertz CT molecular complexity index is 363. The Hall–Kier alpha value is -0.130. The SMILES string of the molecule is CCCCCCCCCCCCCCCCC(C)(O)S(=O)(=O)O. The lowest BCUT2D eigenvalue weighted by Crippen LogP contribution is -2.34. The van der Waals surface area contributed by atoms with Gasteiger partial charge in [0.1, 0.15) is 0 Å². The minimum absolute atomic E-state index is 0.101. The second-order valence-electron chi connectivity index (χ2n) is 7.00. The molecule has 0 heterocycles. The van der Waals surface area contributed by atoms with Gasteiger partial charge in [0, 0.05) is 0 Å². The first-order chi connectivity index (χ1) is 10.8. The van der Waals surface area contributed by atoms with Crippen LogP contribution in [-0.4, -0.2) is 23.0 Å². The van der Waals surface area contributed by atoms with Gasteiger partial charge in [-0.15, -0.1) is 0 Å². The highest BCUT2D eigenvalue weighted by Gasteiger charge is 2.34. The van der Waals surface area contributed by atoms with Gasteiger partial charge in [0.05, 0.1) is 0 Å². The van der Waals surface area contributed by atoms with Gasteiger partial charge in [0.2, 0.25) is 0 Å². The zero-order chi connectivity index (χ0) is 17.6. The van der Waals surface area contributed by atoms with Crippen molar-refractivity contribution < 1.29 is 18.1 Å². The number of rotatable bonds is 16. The summed E-state index contributed by atoms with van der Waals surface area (Å²) in [5.41, 5.74) is 0. The van der Waals surface area contributed by atoms with Crippen LogP contribution in [0.2, 0.25) is 0 Å². The summed E-state index contributed by atoms with van der Waals surface area (Å²) in [5.74, 6) is 0. The average molecular weight is 351 g/mol. The molecule has 0 aliphatic heterocycles. The van der Waals surface area contributed by atoms with Crippen LogP contribution in [-0.2, 0) is 10.1 Å². The van der Waals surface area contributed by atoms with Gasteiger partial charge in [0.25, 0.3) is 10.1 Å². The standard InChI is InChI=1S/C18H38O4S/c1-3-4-5-6-7-8-9-10-11-12-13-14-15-16-17-18(2,19)23(20,21)22/h19H,3-17H2,1-2H3,(H,20,21,22). The number of hydrogen-bond acceptors (Lipinski definition) is 3. The van der Waals surface area contributed by atoms with E-state index in [2.05, 4.69) is 6.92 Å². The molecule has 0 fully saturated rings. The van der Waals surface area contributed by atoms with Gasteiger partial charge in [-0.05, 0) is 19.8 Å². The molecule has 0 aromatic rings. The van der Waals surface area contributed by atoms with Gasteiger partial charge < -0.3 is 5.11 Å². The Kier molecular flexibility index (Phi) is 13.1. The molecule has 0 spiro atoms. The second-order valence-corrected chi connectivity index (χ2v) is 8.83. The molecule has 0 radical (unpaired) electrons. The van der Waals surface area contributed by atoms with Crippen LogP contribution < -0.4 is 0 Å². The van der Waals surface area contributed by atoms with Crippen molar-refractivity contribution in [2.45, 2.75) is 115 Å². The van der Waals surface area contributed by atoms with Crippen LogP contribution in [0.15, 0.2) is 0 Å². The average Bonchev–Trinajstić information content (AvgIpc) is 2.46. The predicted octanol–water partition coefficient (Wildman–Crippen LogP) is 5.45. The Morgan fingerprint density at radius 3 is 1.30 bits per heavy atom. The van der Waals surface area contributed by atoms with Crippen molar-refractivity contribution in [3.63, 3.8) is 0 Å². The number of aliphatic hydroxyl groups is 1. The lowest BCUT2D eigenvalue weighted by Gasteiger charge is -2.19. The van der Waals surface area contributed by atoms with Crippen molar-refractivity contribution in [2.75, 3.05) is 0 Å². The molecule has 0 aliphatic carbocycles. The van der Waals surface area contributed by atoms with Gasteiger partial charge in [-0.3, -0.25) is 4.55 Å². The van der Waals surface area contributed by atoms with Crippen molar-refractivity contribution in [1.82, 2.24) is 0 Å². The highest BCUT2D eigenvalue weighted by molar-refractivity contribution is 7.87. The minimum Gasteiger partial charge on any atom is -0.373 e. The topological polar surface area (TPSA) is 74.6 Å². The molecule has 4 nitrogen and oxygen atoms in total. The normalized spacial score (nSPS) is 14.8. The molecule has 0 saturated carbocycles. The van der Waals surface area contributed by atoms with E-state index in [0.29, 0.717) is 6.42 Å². The largest absolute Gasteiger partial charge is 0.373 e. The molecule has 1 unspecified atom stereocenters. The van der Waals surface area contributed by atoms with E-state index in [4.69, 9.17) is 4.55 Å². The van der Waals surface area contributed by atoms with E-state index in [-0.39, 0.29) is 6.42 Å². The molecule has 5 heteroatoms. The molecule has 0 aromatic heterocycles. The molecule has 0 aliphatic rings. The summed E-state index contributed by atoms with van der Waals surface area (Å²) < 4.78 is 30.7. The minimum atomic E-state index is -4.36. The molecule has 1 atom stereocenters. The van der Waals surface area contributed by atoms with Crippen molar-refractivity contribution >= 4 is 10.1 Å². The van der Waals surface area contributed by atoms with Gasteiger partial charge in [0.15, 0.2) is 4.93 Å². The van der Waals surface area contributed by atoms with Crippen LogP contribution in [0.25, 0.3) is 0 Å². The molecule has 23 heavy (non-hydrogen) atoms. The van der Waals surface area contributed by atoms with Gasteiger partial charge in [-0.25, -0.2) is 0 Å². The highest BCUT2D eigenvalue weighted by Crippen LogP contribution is 2.21. The summed E-state index contributed by atoms with van der Waals surface area (Å²) in [6, 6.07) is 0. The van der Waals surface area contributed by atoms with Gasteiger partial charge >= 0.3 is 0 Å². The van der Waals surface area contributed by atoms with E-state index >= 15 is 0 Å². The third kappa shape index (κ3) is 12.9. The maximum absolute atomic E-state index is 10.9. The van der Waals surface area contributed by atoms with Crippen LogP contribution in [0.4, 0.5) is 0 Å². The summed E-state index contributed by atoms with van der Waals surface area (Å²) in [7, 11) is -4.36. The van der Waals surface area contributed by atoms with Crippen molar-refractivity contribution in [2.24, 2.45) is 0 Å². The molecule has 140 valence electrons. The van der Waals surface area contributed by atoms with Crippen LogP contribution in [0, 0.1) is 0 Å². The third-order valence-electron chi connectivity index (χ3n) is 4.55. The molecule has 0 rings (SSSR count). The van der Waals surface area contributed by atoms with Crippen molar-refractivity contribution in [3.8, 4) is 0 Å².